The van der Waals surface area contributed by atoms with Crippen LogP contribution in [0.5, 0.6) is 5.75 Å². The average Bonchev–Trinajstić information content (AvgIpc) is 1.05. The number of hydrogen-bond donors (Lipinski definition) is 10. The van der Waals surface area contributed by atoms with Gasteiger partial charge in [-0.15, -0.1) is 10.2 Å². The number of Topliss-reactive ketones (excluding diaryl/α,β-unsaturated/α-hetero) is 1. The Morgan fingerprint density at radius 1 is 0.619 bits per heavy atom. The average molecular weight is 1440 g/mol. The van der Waals surface area contributed by atoms with Gasteiger partial charge in [-0.3, -0.25) is 43.2 Å². The summed E-state index contributed by atoms with van der Waals surface area (Å²) in [5, 5.41) is 64.7. The van der Waals surface area contributed by atoms with Crippen LogP contribution in [0.15, 0.2) is 121 Å². The van der Waals surface area contributed by atoms with E-state index in [1.54, 1.807) is 82.4 Å². The van der Waals surface area contributed by atoms with Gasteiger partial charge in [-0.1, -0.05) is 28.6 Å². The van der Waals surface area contributed by atoms with E-state index in [1.807, 2.05) is 74.1 Å². The number of carboxylic acid groups (broad SMARTS) is 2. The summed E-state index contributed by atoms with van der Waals surface area (Å²) in [5.41, 5.74) is 17.7. The van der Waals surface area contributed by atoms with E-state index in [0.717, 1.165) is 17.0 Å². The third kappa shape index (κ3) is 23.6. The fourth-order valence-electron chi connectivity index (χ4n) is 12.1. The molecule has 0 fully saturated rings. The molecule has 2 aliphatic rings. The van der Waals surface area contributed by atoms with Crippen LogP contribution in [0.2, 0.25) is 0 Å². The zero-order valence-electron chi connectivity index (χ0n) is 59.6. The molecule has 5 atom stereocenters. The van der Waals surface area contributed by atoms with Crippen LogP contribution in [0.1, 0.15) is 173 Å². The molecule has 558 valence electrons. The minimum atomic E-state index is -1.46. The number of unbranched alkanes of at least 4 members (excludes halogenated alkanes) is 4. The zero-order valence-corrected chi connectivity index (χ0v) is 59.6. The molecule has 12 N–H and O–H groups in total. The normalized spacial score (nSPS) is 14.4. The first-order chi connectivity index (χ1) is 50.5. The Kier molecular flexibility index (Phi) is 29.8. The van der Waals surface area contributed by atoms with Crippen molar-refractivity contribution in [2.75, 3.05) is 65.9 Å². The van der Waals surface area contributed by atoms with Crippen LogP contribution in [-0.2, 0) is 41.6 Å². The highest BCUT2D eigenvalue weighted by molar-refractivity contribution is 6.02. The number of carbonyl (C=O) groups excluding carboxylic acids is 9. The molecule has 1 aliphatic carbocycles. The highest BCUT2D eigenvalue weighted by Crippen LogP contribution is 2.49. The maximum Gasteiger partial charge on any atom is 0.320 e. The number of benzene rings is 4. The molecule has 1 aliphatic heterocycles. The summed E-state index contributed by atoms with van der Waals surface area (Å²) in [6.45, 7) is 0.468. The SMILES string of the molecule is CN(C)c1ccc2c(c1)OC1=CC(=[N+](C)C)C=CC1C2c1ccc(C(=O)NCCCC[C@H](NC(=O)CCCCNC(=O)CCCc2cn(-c3ccc(C(=O)CO)cc3)nn2)C(=O)N[C@@H](CCCCNC(=O)c2ccc(-n3cc(CCCC(=O)NCCCC[C@H](N)C(=O)O)nn3)cc2)C(N)=O)cc1C(=O)[O-]. The number of nitrogens with zero attached hydrogens (tertiary/aromatic N) is 8. The number of carboxylic acids is 2. The number of aromatic nitrogens is 6. The van der Waals surface area contributed by atoms with Gasteiger partial charge in [0.15, 0.2) is 5.78 Å². The summed E-state index contributed by atoms with van der Waals surface area (Å²) in [4.78, 5) is 130. The van der Waals surface area contributed by atoms with Crippen LogP contribution >= 0.6 is 0 Å². The lowest BCUT2D eigenvalue weighted by atomic mass is 9.74. The van der Waals surface area contributed by atoms with E-state index < -0.39 is 72.0 Å². The summed E-state index contributed by atoms with van der Waals surface area (Å²) >= 11 is 0. The van der Waals surface area contributed by atoms with E-state index in [2.05, 4.69) is 52.5 Å². The van der Waals surface area contributed by atoms with Gasteiger partial charge in [-0.05, 0) is 169 Å². The topological polar surface area (TPSA) is 435 Å². The smallest absolute Gasteiger partial charge is 0.320 e. The number of aromatic carboxylic acids is 1. The minimum Gasteiger partial charge on any atom is -0.545 e. The van der Waals surface area contributed by atoms with Crippen molar-refractivity contribution in [1.29, 1.82) is 0 Å². The number of hydrogen-bond acceptors (Lipinski definition) is 19. The van der Waals surface area contributed by atoms with Gasteiger partial charge in [-0.25, -0.2) is 13.9 Å². The first kappa shape index (κ1) is 79.4. The highest BCUT2D eigenvalue weighted by Gasteiger charge is 2.39. The molecule has 105 heavy (non-hydrogen) atoms. The minimum absolute atomic E-state index is 0.00461. The summed E-state index contributed by atoms with van der Waals surface area (Å²) in [7, 11) is 7.66. The molecule has 7 amide bonds. The predicted molar refractivity (Wildman–Crippen MR) is 387 cm³/mol. The summed E-state index contributed by atoms with van der Waals surface area (Å²) in [6.07, 6.45) is 15.8. The predicted octanol–water partition coefficient (Wildman–Crippen LogP) is 3.05. The molecule has 2 unspecified atom stereocenters. The van der Waals surface area contributed by atoms with Crippen molar-refractivity contribution in [1.82, 2.24) is 61.9 Å². The van der Waals surface area contributed by atoms with Crippen LogP contribution in [0, 0.1) is 5.92 Å². The lowest BCUT2D eigenvalue weighted by molar-refractivity contribution is -0.462. The van der Waals surface area contributed by atoms with E-state index in [0.29, 0.717) is 148 Å². The number of aliphatic hydroxyl groups excluding tert-OH is 1. The van der Waals surface area contributed by atoms with Crippen molar-refractivity contribution < 1.29 is 72.6 Å². The van der Waals surface area contributed by atoms with Crippen molar-refractivity contribution in [3.63, 3.8) is 0 Å². The Morgan fingerprint density at radius 3 is 1.70 bits per heavy atom. The lowest BCUT2D eigenvalue weighted by Gasteiger charge is -2.36. The molecule has 3 heterocycles. The van der Waals surface area contributed by atoms with Crippen molar-refractivity contribution >= 4 is 70.5 Å². The van der Waals surface area contributed by atoms with E-state index in [-0.39, 0.29) is 80.0 Å². The lowest BCUT2D eigenvalue weighted by Crippen LogP contribution is -2.53. The van der Waals surface area contributed by atoms with Gasteiger partial charge in [0.2, 0.25) is 35.2 Å². The molecule has 8 rings (SSSR count). The van der Waals surface area contributed by atoms with Gasteiger partial charge in [0.05, 0.1) is 41.1 Å². The Bertz CT molecular complexity index is 4160. The fraction of sp³-hybridized carbons (Fsp3) is 0.427. The van der Waals surface area contributed by atoms with Gasteiger partial charge >= 0.3 is 5.97 Å². The van der Waals surface area contributed by atoms with Crippen LogP contribution in [0.4, 0.5) is 5.69 Å². The number of aliphatic hydroxyl groups is 1. The number of nitrogens with one attached hydrogen (secondary N) is 6. The fourth-order valence-corrected chi connectivity index (χ4v) is 12.1. The maximum atomic E-state index is 14.1. The molecule has 0 saturated carbocycles. The van der Waals surface area contributed by atoms with Gasteiger partial charge < -0.3 is 73.1 Å². The summed E-state index contributed by atoms with van der Waals surface area (Å²) in [6, 6.07) is 20.4. The summed E-state index contributed by atoms with van der Waals surface area (Å²) in [5.74, 6) is -5.69. The van der Waals surface area contributed by atoms with Crippen molar-refractivity contribution in [3.8, 4) is 17.1 Å². The van der Waals surface area contributed by atoms with E-state index in [1.165, 1.54) is 6.07 Å². The van der Waals surface area contributed by atoms with Crippen LogP contribution < -0.4 is 58.1 Å². The van der Waals surface area contributed by atoms with Crippen molar-refractivity contribution in [2.24, 2.45) is 17.4 Å². The number of carbonyl (C=O) groups is 10. The third-order valence-corrected chi connectivity index (χ3v) is 18.1. The van der Waals surface area contributed by atoms with Gasteiger partial charge in [-0.2, -0.15) is 0 Å². The maximum absolute atomic E-state index is 14.1. The number of aliphatic carboxylic acids is 1. The number of nitrogens with two attached hydrogens (primary N) is 2. The van der Waals surface area contributed by atoms with Crippen LogP contribution in [0.3, 0.4) is 0 Å². The van der Waals surface area contributed by atoms with Gasteiger partial charge in [0, 0.05) is 123 Å². The molecule has 6 aromatic rings. The Labute approximate surface area is 608 Å². The molecule has 0 radical (unpaired) electrons. The number of allylic oxidation sites excluding steroid dienone is 3. The van der Waals surface area contributed by atoms with Gasteiger partial charge in [0.1, 0.15) is 50.3 Å². The Morgan fingerprint density at radius 2 is 1.14 bits per heavy atom. The number of primary amides is 1. The number of amides is 7. The quantitative estimate of drug-likeness (QED) is 0.0150. The second-order valence-corrected chi connectivity index (χ2v) is 26.4. The number of fused-ring (bicyclic) bond motifs is 2. The van der Waals surface area contributed by atoms with E-state index in [9.17, 15) is 53.1 Å². The number of ketones is 1. The number of ether oxygens (including phenoxy) is 1. The van der Waals surface area contributed by atoms with Crippen molar-refractivity contribution in [2.45, 2.75) is 140 Å². The highest BCUT2D eigenvalue weighted by atomic mass is 16.5. The molecule has 0 saturated heterocycles. The van der Waals surface area contributed by atoms with Crippen LogP contribution in [0.25, 0.3) is 11.4 Å². The number of aryl methyl sites for hydroxylation is 2. The Balaban J connectivity index is 0.810. The first-order valence-corrected chi connectivity index (χ1v) is 35.4. The number of anilines is 1. The Hall–Kier alpha value is -11.3. The largest absolute Gasteiger partial charge is 0.545 e. The number of rotatable bonds is 42. The molecule has 0 bridgehead atoms. The zero-order chi connectivity index (χ0) is 75.5. The molecular weight excluding hydrogens is 1350 g/mol. The monoisotopic (exact) mass is 1440 g/mol. The van der Waals surface area contributed by atoms with Gasteiger partial charge in [0.25, 0.3) is 11.8 Å². The molecule has 30 nitrogen and oxygen atoms in total. The van der Waals surface area contributed by atoms with Crippen molar-refractivity contribution in [3.05, 3.63) is 166 Å². The summed E-state index contributed by atoms with van der Waals surface area (Å²) < 4.78 is 11.6. The first-order valence-electron chi connectivity index (χ1n) is 35.4. The second-order valence-electron chi connectivity index (χ2n) is 26.4. The van der Waals surface area contributed by atoms with E-state index in [4.69, 9.17) is 26.4 Å². The second kappa shape index (κ2) is 39.4. The third-order valence-electron chi connectivity index (χ3n) is 18.1. The van der Waals surface area contributed by atoms with E-state index >= 15 is 0 Å². The molecule has 30 heteroatoms. The molecule has 2 aromatic heterocycles. The molecular formula is C75H94N16O14. The standard InChI is InChI=1S/C75H94N16O14/c1-88(2)54-32-35-57-64(42-54)105-65-43-55(89(3)4)33-36-58(65)69(57)56-34-27-49(41-59(56)74(101)102)72(99)81-40-11-7-19-62(82-68(96)20-8-12-38-79-67(95)22-14-15-50-44-90(86-84-50)52-28-23-47(24-29-52)63(93)46-92)73(100)83-61(70(77)97)18-6-10-39-80-71(98)48-25-30-53(31-26-48)91-45-51(85-87-91)16-13-21-66(94)78-37-9-5-17-60(76)75(103)104/h23-36,41-45,57,60-62,69,92H,5-22,37-40,46,76H2,1-4H3,(H9-,77,78,79,80,81,82,83,94,95,96,97,98,99,100,101,102,103,104)/t57?,60-,61-,62-,69?/m0/s1. The molecule has 0 spiro atoms. The van der Waals surface area contributed by atoms with Crippen LogP contribution in [-0.4, -0.2) is 189 Å². The molecule has 4 aromatic carbocycles.